The summed E-state index contributed by atoms with van der Waals surface area (Å²) in [5.74, 6) is -2.60. The minimum absolute atomic E-state index is 0.0335. The van der Waals surface area contributed by atoms with Crippen LogP contribution in [-0.4, -0.2) is 47.0 Å². The van der Waals surface area contributed by atoms with Gasteiger partial charge in [-0.25, -0.2) is 14.3 Å². The Morgan fingerprint density at radius 2 is 1.92 bits per heavy atom. The third kappa shape index (κ3) is 5.24. The average Bonchev–Trinajstić information content (AvgIpc) is 3.57. The number of nitrogens with one attached hydrogen (secondary N) is 2. The molecular weight excluding hydrogens is 569 g/mol. The molecule has 0 spiro atoms. The van der Waals surface area contributed by atoms with Crippen molar-refractivity contribution in [1.29, 1.82) is 0 Å². The number of halogens is 4. The molecule has 2 atom stereocenters. The lowest BCUT2D eigenvalue weighted by atomic mass is 10.0. The Morgan fingerprint density at radius 1 is 1.24 bits per heavy atom. The number of fused-ring (bicyclic) bond motifs is 1. The molecule has 0 unspecified atom stereocenters. The smallest absolute Gasteiger partial charge is 0.410 e. The predicted molar refractivity (Wildman–Crippen MR) is 137 cm³/mol. The molecule has 204 valence electrons. The maximum atomic E-state index is 14.0. The summed E-state index contributed by atoms with van der Waals surface area (Å²) in [5, 5.41) is 10.7. The number of nitrogens with zero attached hydrogens (tertiary/aromatic N) is 2. The highest BCUT2D eigenvalue weighted by Crippen LogP contribution is 2.47. The van der Waals surface area contributed by atoms with Crippen LogP contribution in [0.15, 0.2) is 17.5 Å². The van der Waals surface area contributed by atoms with E-state index < -0.39 is 41.8 Å². The van der Waals surface area contributed by atoms with Gasteiger partial charge in [0.15, 0.2) is 11.7 Å². The topological polar surface area (TPSA) is 112 Å². The van der Waals surface area contributed by atoms with Crippen molar-refractivity contribution in [3.63, 3.8) is 0 Å². The zero-order chi connectivity index (χ0) is 27.8. The normalized spacial score (nSPS) is 16.9. The SMILES string of the molecule is CCOC(=O)c1sc(NC(=O)c2nn3c(c2Cl)N[C@H](c2cccs2)C[C@@H]3C(F)(F)F)c(C(=O)OCC)c1C. The molecule has 38 heavy (non-hydrogen) atoms. The molecule has 0 aliphatic carbocycles. The summed E-state index contributed by atoms with van der Waals surface area (Å²) in [4.78, 5) is 39.0. The van der Waals surface area contributed by atoms with Crippen LogP contribution in [0.5, 0.6) is 0 Å². The second-order valence-corrected chi connectivity index (χ2v) is 10.5. The largest absolute Gasteiger partial charge is 0.462 e. The number of thiophene rings is 2. The van der Waals surface area contributed by atoms with Crippen molar-refractivity contribution in [2.24, 2.45) is 0 Å². The maximum Gasteiger partial charge on any atom is 0.410 e. The van der Waals surface area contributed by atoms with Gasteiger partial charge in [-0.2, -0.15) is 18.3 Å². The highest BCUT2D eigenvalue weighted by molar-refractivity contribution is 7.18. The highest BCUT2D eigenvalue weighted by atomic mass is 35.5. The fourth-order valence-corrected chi connectivity index (χ4v) is 6.15. The number of amides is 1. The van der Waals surface area contributed by atoms with Gasteiger partial charge < -0.3 is 20.1 Å². The summed E-state index contributed by atoms with van der Waals surface area (Å²) in [6.45, 7) is 4.82. The van der Waals surface area contributed by atoms with Crippen LogP contribution in [0.2, 0.25) is 5.02 Å². The van der Waals surface area contributed by atoms with E-state index in [0.29, 0.717) is 9.56 Å². The molecule has 2 N–H and O–H groups in total. The van der Waals surface area contributed by atoms with Crippen molar-refractivity contribution in [1.82, 2.24) is 9.78 Å². The molecule has 4 heterocycles. The quantitative estimate of drug-likeness (QED) is 0.314. The summed E-state index contributed by atoms with van der Waals surface area (Å²) in [5.41, 5.74) is -0.318. The number of alkyl halides is 3. The number of carbonyl (C=O) groups is 3. The van der Waals surface area contributed by atoms with Gasteiger partial charge in [0.2, 0.25) is 0 Å². The Morgan fingerprint density at radius 3 is 2.53 bits per heavy atom. The van der Waals surface area contributed by atoms with Gasteiger partial charge in [0.05, 0.1) is 24.8 Å². The van der Waals surface area contributed by atoms with E-state index in [-0.39, 0.29) is 51.5 Å². The molecule has 1 amide bonds. The first-order chi connectivity index (χ1) is 18.0. The fraction of sp³-hybridized carbons (Fsp3) is 0.391. The van der Waals surface area contributed by atoms with Crippen LogP contribution in [-0.2, 0) is 9.47 Å². The van der Waals surface area contributed by atoms with Gasteiger partial charge in [0, 0.05) is 11.3 Å². The number of ether oxygens (including phenoxy) is 2. The summed E-state index contributed by atoms with van der Waals surface area (Å²) in [7, 11) is 0. The standard InChI is InChI=1S/C23H22ClF3N4O5S2/c1-4-35-21(33)14-10(3)17(22(34)36-5-2)38-20(14)29-19(32)16-15(24)18-28-11(12-7-6-8-37-12)9-13(23(25,26)27)31(18)30-16/h6-8,11,13,28H,4-5,9H2,1-3H3,(H,29,32)/t11-,13+/m0/s1. The van der Waals surface area contributed by atoms with Gasteiger partial charge in [0.25, 0.3) is 5.91 Å². The molecule has 0 radical (unpaired) electrons. The number of carbonyl (C=O) groups excluding carboxylic acids is 3. The van der Waals surface area contributed by atoms with Crippen molar-refractivity contribution in [3.8, 4) is 0 Å². The molecule has 4 rings (SSSR count). The number of rotatable bonds is 7. The van der Waals surface area contributed by atoms with Gasteiger partial charge in [-0.1, -0.05) is 17.7 Å². The first-order valence-corrected chi connectivity index (χ1v) is 13.5. The first kappa shape index (κ1) is 27.9. The van der Waals surface area contributed by atoms with Crippen LogP contribution in [0.1, 0.15) is 73.3 Å². The third-order valence-electron chi connectivity index (χ3n) is 5.71. The van der Waals surface area contributed by atoms with Gasteiger partial charge in [-0.3, -0.25) is 4.79 Å². The first-order valence-electron chi connectivity index (χ1n) is 11.4. The van der Waals surface area contributed by atoms with E-state index in [4.69, 9.17) is 21.1 Å². The summed E-state index contributed by atoms with van der Waals surface area (Å²) in [6.07, 6.45) is -5.01. The second kappa shape index (κ2) is 10.9. The predicted octanol–water partition coefficient (Wildman–Crippen LogP) is 6.23. The highest BCUT2D eigenvalue weighted by Gasteiger charge is 2.48. The van der Waals surface area contributed by atoms with E-state index in [9.17, 15) is 27.6 Å². The zero-order valence-corrected chi connectivity index (χ0v) is 22.7. The molecule has 3 aromatic heterocycles. The van der Waals surface area contributed by atoms with Crippen LogP contribution in [0, 0.1) is 6.92 Å². The summed E-state index contributed by atoms with van der Waals surface area (Å²) >= 11 is 8.46. The fourth-order valence-electron chi connectivity index (χ4n) is 4.01. The third-order valence-corrected chi connectivity index (χ3v) is 8.24. The van der Waals surface area contributed by atoms with E-state index in [2.05, 4.69) is 15.7 Å². The molecule has 0 aromatic carbocycles. The van der Waals surface area contributed by atoms with Crippen molar-refractivity contribution >= 4 is 62.9 Å². The number of anilines is 2. The lowest BCUT2D eigenvalue weighted by molar-refractivity contribution is -0.173. The van der Waals surface area contributed by atoms with Crippen LogP contribution >= 0.6 is 34.3 Å². The molecule has 15 heteroatoms. The number of esters is 2. The molecule has 9 nitrogen and oxygen atoms in total. The van der Waals surface area contributed by atoms with Crippen LogP contribution in [0.4, 0.5) is 24.0 Å². The monoisotopic (exact) mass is 590 g/mol. The molecule has 0 saturated heterocycles. The van der Waals surface area contributed by atoms with Crippen LogP contribution in [0.3, 0.4) is 0 Å². The number of hydrogen-bond donors (Lipinski definition) is 2. The second-order valence-electron chi connectivity index (χ2n) is 8.12. The van der Waals surface area contributed by atoms with Crippen molar-refractivity contribution in [2.75, 3.05) is 23.8 Å². The van der Waals surface area contributed by atoms with Gasteiger partial charge >= 0.3 is 18.1 Å². The Bertz CT molecular complexity index is 1370. The number of hydrogen-bond acceptors (Lipinski definition) is 9. The lowest BCUT2D eigenvalue weighted by Crippen LogP contribution is -2.35. The number of aromatic nitrogens is 2. The van der Waals surface area contributed by atoms with Crippen LogP contribution < -0.4 is 10.6 Å². The van der Waals surface area contributed by atoms with E-state index in [1.54, 1.807) is 31.4 Å². The molecule has 0 bridgehead atoms. The van der Waals surface area contributed by atoms with Gasteiger partial charge in [0.1, 0.15) is 20.7 Å². The van der Waals surface area contributed by atoms with Crippen molar-refractivity contribution in [3.05, 3.63) is 49.1 Å². The van der Waals surface area contributed by atoms with Gasteiger partial charge in [-0.05, 0) is 37.8 Å². The molecule has 0 saturated carbocycles. The molecular formula is C23H22ClF3N4O5S2. The summed E-state index contributed by atoms with van der Waals surface area (Å²) in [6, 6.07) is 0.715. The summed E-state index contributed by atoms with van der Waals surface area (Å²) < 4.78 is 52.8. The van der Waals surface area contributed by atoms with Crippen LogP contribution in [0.25, 0.3) is 0 Å². The Hall–Kier alpha value is -3.10. The van der Waals surface area contributed by atoms with Gasteiger partial charge in [-0.15, -0.1) is 22.7 Å². The molecule has 1 aliphatic heterocycles. The Balaban J connectivity index is 1.72. The Labute approximate surface area is 227 Å². The Kier molecular flexibility index (Phi) is 8.04. The minimum atomic E-state index is -4.66. The zero-order valence-electron chi connectivity index (χ0n) is 20.3. The molecule has 1 aliphatic rings. The molecule has 0 fully saturated rings. The van der Waals surface area contributed by atoms with E-state index in [1.807, 2.05) is 0 Å². The minimum Gasteiger partial charge on any atom is -0.462 e. The van der Waals surface area contributed by atoms with E-state index >= 15 is 0 Å². The van der Waals surface area contributed by atoms with E-state index in [0.717, 1.165) is 11.3 Å². The van der Waals surface area contributed by atoms with Crippen molar-refractivity contribution < 1.29 is 37.0 Å². The van der Waals surface area contributed by atoms with E-state index in [1.165, 1.54) is 18.3 Å². The average molecular weight is 591 g/mol. The lowest BCUT2D eigenvalue weighted by Gasteiger charge is -2.32. The maximum absolute atomic E-state index is 14.0. The molecule has 3 aromatic rings. The van der Waals surface area contributed by atoms with Crippen molar-refractivity contribution in [2.45, 2.75) is 45.5 Å².